The van der Waals surface area contributed by atoms with Gasteiger partial charge in [0.25, 0.3) is 0 Å². The molecule has 6 nitrogen and oxygen atoms in total. The van der Waals surface area contributed by atoms with E-state index in [4.69, 9.17) is 9.84 Å². The summed E-state index contributed by atoms with van der Waals surface area (Å²) in [7, 11) is 0. The Labute approximate surface area is 165 Å². The van der Waals surface area contributed by atoms with Gasteiger partial charge in [0.2, 0.25) is 0 Å². The van der Waals surface area contributed by atoms with Crippen molar-refractivity contribution in [2.75, 3.05) is 0 Å². The van der Waals surface area contributed by atoms with E-state index in [0.29, 0.717) is 12.8 Å². The highest BCUT2D eigenvalue weighted by Crippen LogP contribution is 2.46. The molecule has 30 heavy (non-hydrogen) atoms. The standard InChI is InChI=1S/C18H16F6O6/c1-15(8-2-3-9-15)30-12(25)10-4-6-11(7-5-10)29-14(28)17(21,22)18(23,24)16(19,20)13(26)27/h4-7H,2-3,8-9H2,1H3,(H,26,27). The molecule has 1 fully saturated rings. The number of benzene rings is 1. The second-order valence-corrected chi connectivity index (χ2v) is 6.99. The lowest BCUT2D eigenvalue weighted by atomic mass is 10.0. The van der Waals surface area contributed by atoms with E-state index in [1.807, 2.05) is 0 Å². The number of carboxylic acids is 1. The Morgan fingerprint density at radius 1 is 0.933 bits per heavy atom. The molecule has 0 amide bonds. The van der Waals surface area contributed by atoms with Gasteiger partial charge in [0.15, 0.2) is 0 Å². The molecule has 12 heteroatoms. The van der Waals surface area contributed by atoms with E-state index in [-0.39, 0.29) is 5.56 Å². The quantitative estimate of drug-likeness (QED) is 0.389. The zero-order valence-electron chi connectivity index (χ0n) is 15.4. The van der Waals surface area contributed by atoms with Gasteiger partial charge in [-0.3, -0.25) is 0 Å². The molecule has 1 aromatic rings. The van der Waals surface area contributed by atoms with Gasteiger partial charge in [0, 0.05) is 0 Å². The SMILES string of the molecule is CC1(OC(=O)c2ccc(OC(=O)C(F)(F)C(F)(F)C(F)(F)C(=O)O)cc2)CCCC1. The van der Waals surface area contributed by atoms with Gasteiger partial charge in [-0.2, -0.15) is 26.3 Å². The second kappa shape index (κ2) is 7.80. The van der Waals surface area contributed by atoms with E-state index in [9.17, 15) is 40.7 Å². The summed E-state index contributed by atoms with van der Waals surface area (Å²) in [5.41, 5.74) is -0.719. The number of carboxylic acid groups (broad SMARTS) is 1. The Balaban J connectivity index is 2.11. The highest BCUT2D eigenvalue weighted by Gasteiger charge is 2.79. The zero-order chi connectivity index (χ0) is 23.0. The van der Waals surface area contributed by atoms with Gasteiger partial charge in [-0.15, -0.1) is 0 Å². The normalized spacial score (nSPS) is 16.8. The van der Waals surface area contributed by atoms with Crippen LogP contribution in [0.1, 0.15) is 43.0 Å². The van der Waals surface area contributed by atoms with Crippen LogP contribution >= 0.6 is 0 Å². The maximum absolute atomic E-state index is 13.6. The Hall–Kier alpha value is -2.79. The third kappa shape index (κ3) is 4.21. The van der Waals surface area contributed by atoms with Crippen LogP contribution in [0.25, 0.3) is 0 Å². The molecule has 2 rings (SSSR count). The van der Waals surface area contributed by atoms with Crippen molar-refractivity contribution in [3.8, 4) is 5.75 Å². The van der Waals surface area contributed by atoms with Crippen LogP contribution in [0.4, 0.5) is 26.3 Å². The second-order valence-electron chi connectivity index (χ2n) is 6.99. The molecule has 1 N–H and O–H groups in total. The number of halogens is 6. The van der Waals surface area contributed by atoms with E-state index in [1.165, 1.54) is 0 Å². The molecule has 0 aromatic heterocycles. The minimum atomic E-state index is -6.57. The molecule has 1 aliphatic carbocycles. The van der Waals surface area contributed by atoms with Crippen molar-refractivity contribution >= 4 is 17.9 Å². The Kier molecular flexibility index (Phi) is 6.11. The molecule has 0 radical (unpaired) electrons. The molecule has 0 atom stereocenters. The Bertz CT molecular complexity index is 830. The number of alkyl halides is 6. The van der Waals surface area contributed by atoms with E-state index in [2.05, 4.69) is 4.74 Å². The van der Waals surface area contributed by atoms with E-state index >= 15 is 0 Å². The molecule has 0 unspecified atom stereocenters. The lowest BCUT2D eigenvalue weighted by Gasteiger charge is -2.28. The van der Waals surface area contributed by atoms with Crippen LogP contribution in [0.5, 0.6) is 5.75 Å². The van der Waals surface area contributed by atoms with Crippen molar-refractivity contribution in [2.24, 2.45) is 0 Å². The van der Waals surface area contributed by atoms with Crippen LogP contribution in [0.2, 0.25) is 0 Å². The van der Waals surface area contributed by atoms with Gasteiger partial charge in [-0.25, -0.2) is 14.4 Å². The van der Waals surface area contributed by atoms with Crippen molar-refractivity contribution < 1.29 is 55.3 Å². The maximum atomic E-state index is 13.6. The number of carbonyl (C=O) groups is 3. The third-order valence-electron chi connectivity index (χ3n) is 4.61. The number of hydrogen-bond donors (Lipinski definition) is 1. The van der Waals surface area contributed by atoms with Crippen LogP contribution in [0.15, 0.2) is 24.3 Å². The molecular formula is C18H16F6O6. The predicted octanol–water partition coefficient (Wildman–Crippen LogP) is 4.07. The van der Waals surface area contributed by atoms with E-state index < -0.39 is 47.0 Å². The predicted molar refractivity (Wildman–Crippen MR) is 86.8 cm³/mol. The summed E-state index contributed by atoms with van der Waals surface area (Å²) in [4.78, 5) is 33.7. The monoisotopic (exact) mass is 442 g/mol. The third-order valence-corrected chi connectivity index (χ3v) is 4.61. The van der Waals surface area contributed by atoms with Crippen LogP contribution in [-0.4, -0.2) is 46.4 Å². The first kappa shape index (κ1) is 23.5. The van der Waals surface area contributed by atoms with Crippen LogP contribution in [0, 0.1) is 0 Å². The number of carbonyl (C=O) groups excluding carboxylic acids is 2. The fourth-order valence-corrected chi connectivity index (χ4v) is 2.80. The zero-order valence-corrected chi connectivity index (χ0v) is 15.4. The molecule has 0 saturated heterocycles. The molecule has 0 bridgehead atoms. The summed E-state index contributed by atoms with van der Waals surface area (Å²) < 4.78 is 89.1. The lowest BCUT2D eigenvalue weighted by molar-refractivity contribution is -0.297. The molecule has 1 aliphatic rings. The average Bonchev–Trinajstić information content (AvgIpc) is 3.07. The maximum Gasteiger partial charge on any atom is 0.411 e. The number of aliphatic carboxylic acids is 1. The number of esters is 2. The van der Waals surface area contributed by atoms with Gasteiger partial charge in [0.05, 0.1) is 5.56 Å². The Morgan fingerprint density at radius 3 is 1.90 bits per heavy atom. The van der Waals surface area contributed by atoms with Gasteiger partial charge >= 0.3 is 35.7 Å². The number of rotatable bonds is 7. The summed E-state index contributed by atoms with van der Waals surface area (Å²) in [6.07, 6.45) is 3.05. The highest BCUT2D eigenvalue weighted by molar-refractivity contribution is 5.90. The topological polar surface area (TPSA) is 89.9 Å². The van der Waals surface area contributed by atoms with Crippen molar-refractivity contribution in [1.82, 2.24) is 0 Å². The summed E-state index contributed by atoms with van der Waals surface area (Å²) in [5, 5.41) is 8.06. The fourth-order valence-electron chi connectivity index (χ4n) is 2.80. The minimum Gasteiger partial charge on any atom is -0.477 e. The van der Waals surface area contributed by atoms with Gasteiger partial charge in [-0.05, 0) is 56.9 Å². The van der Waals surface area contributed by atoms with Crippen molar-refractivity contribution in [2.45, 2.75) is 56.0 Å². The molecule has 166 valence electrons. The van der Waals surface area contributed by atoms with Crippen molar-refractivity contribution in [3.05, 3.63) is 29.8 Å². The summed E-state index contributed by atoms with van der Waals surface area (Å²) in [6, 6.07) is 3.56. The summed E-state index contributed by atoms with van der Waals surface area (Å²) in [5.74, 6) is -27.1. The molecule has 0 aliphatic heterocycles. The average molecular weight is 442 g/mol. The van der Waals surface area contributed by atoms with Crippen LogP contribution in [0.3, 0.4) is 0 Å². The lowest BCUT2D eigenvalue weighted by Crippen LogP contribution is -2.61. The fraction of sp³-hybridized carbons (Fsp3) is 0.500. The molecular weight excluding hydrogens is 426 g/mol. The van der Waals surface area contributed by atoms with Gasteiger partial charge in [0.1, 0.15) is 11.4 Å². The first-order valence-electron chi connectivity index (χ1n) is 8.56. The van der Waals surface area contributed by atoms with Gasteiger partial charge < -0.3 is 14.6 Å². The molecule has 1 saturated carbocycles. The largest absolute Gasteiger partial charge is 0.477 e. The van der Waals surface area contributed by atoms with Crippen molar-refractivity contribution in [1.29, 1.82) is 0 Å². The number of ether oxygens (including phenoxy) is 2. The number of hydrogen-bond acceptors (Lipinski definition) is 5. The van der Waals surface area contributed by atoms with Gasteiger partial charge in [-0.1, -0.05) is 0 Å². The first-order chi connectivity index (χ1) is 13.6. The van der Waals surface area contributed by atoms with Crippen LogP contribution < -0.4 is 4.74 Å². The first-order valence-corrected chi connectivity index (χ1v) is 8.56. The Morgan fingerprint density at radius 2 is 1.43 bits per heavy atom. The summed E-state index contributed by atoms with van der Waals surface area (Å²) >= 11 is 0. The molecule has 1 aromatic carbocycles. The molecule has 0 heterocycles. The van der Waals surface area contributed by atoms with E-state index in [1.54, 1.807) is 6.92 Å². The van der Waals surface area contributed by atoms with Crippen molar-refractivity contribution in [3.63, 3.8) is 0 Å². The highest BCUT2D eigenvalue weighted by atomic mass is 19.3. The summed E-state index contributed by atoms with van der Waals surface area (Å²) in [6.45, 7) is 1.74. The smallest absolute Gasteiger partial charge is 0.411 e. The van der Waals surface area contributed by atoms with E-state index in [0.717, 1.165) is 37.1 Å². The minimum absolute atomic E-state index is 0.0579. The molecule has 0 spiro atoms. The van der Waals surface area contributed by atoms with Crippen LogP contribution in [-0.2, 0) is 14.3 Å².